The minimum atomic E-state index is 0.0124. The zero-order chi connectivity index (χ0) is 29.1. The summed E-state index contributed by atoms with van der Waals surface area (Å²) in [6, 6.07) is 7.58. The summed E-state index contributed by atoms with van der Waals surface area (Å²) in [5, 5.41) is 0.959. The van der Waals surface area contributed by atoms with Crippen molar-refractivity contribution in [2.45, 2.75) is 32.2 Å². The average molecular weight is 575 g/mol. The van der Waals surface area contributed by atoms with Crippen LogP contribution in [0.3, 0.4) is 0 Å². The van der Waals surface area contributed by atoms with Crippen LogP contribution in [0.1, 0.15) is 36.5 Å². The number of benzene rings is 2. The Balaban J connectivity index is 1.04. The zero-order valence-electron chi connectivity index (χ0n) is 24.5. The van der Waals surface area contributed by atoms with Gasteiger partial charge in [0.05, 0.1) is 50.2 Å². The van der Waals surface area contributed by atoms with Crippen LogP contribution >= 0.6 is 0 Å². The molecule has 11 heteroatoms. The number of piperazine rings is 1. The number of amides is 1. The van der Waals surface area contributed by atoms with E-state index >= 15 is 0 Å². The number of anilines is 1. The lowest BCUT2D eigenvalue weighted by Crippen LogP contribution is -2.47. The van der Waals surface area contributed by atoms with Crippen molar-refractivity contribution in [3.8, 4) is 23.0 Å². The fourth-order valence-corrected chi connectivity index (χ4v) is 6.00. The average Bonchev–Trinajstić information content (AvgIpc) is 3.45. The molecule has 2 fully saturated rings. The van der Waals surface area contributed by atoms with E-state index in [2.05, 4.69) is 24.8 Å². The molecule has 1 atom stereocenters. The van der Waals surface area contributed by atoms with E-state index in [-0.39, 0.29) is 11.9 Å². The molecule has 0 N–H and O–H groups in total. The van der Waals surface area contributed by atoms with Gasteiger partial charge in [-0.2, -0.15) is 0 Å². The SMILES string of the molecule is CCOc1cc2ncnc(N3CCN(CCCOc4cc5c(cc4OC)C(=O)N4CCC[C@H]4C=N5)CC3)c2cc1OC. The zero-order valence-corrected chi connectivity index (χ0v) is 24.5. The van der Waals surface area contributed by atoms with Crippen molar-refractivity contribution in [1.82, 2.24) is 19.8 Å². The van der Waals surface area contributed by atoms with Crippen molar-refractivity contribution >= 4 is 34.5 Å². The quantitative estimate of drug-likeness (QED) is 0.333. The molecule has 2 aromatic carbocycles. The van der Waals surface area contributed by atoms with Crippen LogP contribution in [0.4, 0.5) is 11.5 Å². The molecule has 3 aromatic rings. The molecule has 4 heterocycles. The molecule has 0 bridgehead atoms. The Morgan fingerprint density at radius 3 is 2.48 bits per heavy atom. The fourth-order valence-electron chi connectivity index (χ4n) is 6.00. The molecular weight excluding hydrogens is 536 g/mol. The topological polar surface area (TPSA) is 102 Å². The molecule has 42 heavy (non-hydrogen) atoms. The lowest BCUT2D eigenvalue weighted by molar-refractivity contribution is 0.0774. The number of hydrogen-bond donors (Lipinski definition) is 0. The Morgan fingerprint density at radius 2 is 1.69 bits per heavy atom. The third kappa shape index (κ3) is 5.53. The highest BCUT2D eigenvalue weighted by Gasteiger charge is 2.32. The maximum Gasteiger partial charge on any atom is 0.256 e. The van der Waals surface area contributed by atoms with E-state index in [1.54, 1.807) is 26.6 Å². The molecule has 1 aromatic heterocycles. The van der Waals surface area contributed by atoms with Crippen LogP contribution in [-0.2, 0) is 0 Å². The highest BCUT2D eigenvalue weighted by Crippen LogP contribution is 2.38. The summed E-state index contributed by atoms with van der Waals surface area (Å²) in [6.07, 6.45) is 6.34. The lowest BCUT2D eigenvalue weighted by Gasteiger charge is -2.35. The van der Waals surface area contributed by atoms with E-state index in [4.69, 9.17) is 18.9 Å². The van der Waals surface area contributed by atoms with E-state index in [0.29, 0.717) is 47.5 Å². The summed E-state index contributed by atoms with van der Waals surface area (Å²) >= 11 is 0. The molecule has 0 saturated carbocycles. The van der Waals surface area contributed by atoms with E-state index in [0.717, 1.165) is 75.3 Å². The van der Waals surface area contributed by atoms with Crippen LogP contribution in [0, 0.1) is 0 Å². The second-order valence-electron chi connectivity index (χ2n) is 10.7. The van der Waals surface area contributed by atoms with Gasteiger partial charge in [-0.3, -0.25) is 14.7 Å². The highest BCUT2D eigenvalue weighted by atomic mass is 16.5. The summed E-state index contributed by atoms with van der Waals surface area (Å²) in [4.78, 5) is 33.5. The van der Waals surface area contributed by atoms with Gasteiger partial charge in [0.2, 0.25) is 0 Å². The van der Waals surface area contributed by atoms with Crippen molar-refractivity contribution in [2.75, 3.05) is 71.6 Å². The number of rotatable bonds is 10. The normalized spacial score (nSPS) is 18.5. The molecule has 3 aliphatic rings. The van der Waals surface area contributed by atoms with Crippen molar-refractivity contribution in [1.29, 1.82) is 0 Å². The number of hydrogen-bond acceptors (Lipinski definition) is 10. The van der Waals surface area contributed by atoms with Gasteiger partial charge in [-0.25, -0.2) is 9.97 Å². The standard InChI is InChI=1S/C31H38N6O5/c1-4-41-28-17-24-22(15-26(28)39-2)30(34-20-33-24)36-12-10-35(11-13-36)8-6-14-42-29-18-25-23(16-27(29)40-3)31(38)37-9-5-7-21(37)19-32-25/h15-21H,4-14H2,1-3H3/t21-/m0/s1. The van der Waals surface area contributed by atoms with Crippen LogP contribution in [0.25, 0.3) is 10.9 Å². The van der Waals surface area contributed by atoms with Gasteiger partial charge >= 0.3 is 0 Å². The van der Waals surface area contributed by atoms with Gasteiger partial charge < -0.3 is 28.7 Å². The number of carbonyl (C=O) groups is 1. The molecule has 0 aliphatic carbocycles. The number of aliphatic imine (C=N–C) groups is 1. The molecule has 222 valence electrons. The minimum absolute atomic E-state index is 0.0124. The predicted octanol–water partition coefficient (Wildman–Crippen LogP) is 3.96. The first-order chi connectivity index (χ1) is 20.6. The van der Waals surface area contributed by atoms with Crippen molar-refractivity contribution in [3.05, 3.63) is 36.2 Å². The number of nitrogens with zero attached hydrogens (tertiary/aromatic N) is 6. The maximum atomic E-state index is 13.1. The molecule has 0 unspecified atom stereocenters. The Morgan fingerprint density at radius 1 is 0.905 bits per heavy atom. The van der Waals surface area contributed by atoms with Crippen LogP contribution in [0.5, 0.6) is 23.0 Å². The summed E-state index contributed by atoms with van der Waals surface area (Å²) in [5.41, 5.74) is 2.06. The first kappa shape index (κ1) is 28.0. The summed E-state index contributed by atoms with van der Waals surface area (Å²) in [5.74, 6) is 3.48. The van der Waals surface area contributed by atoms with Crippen molar-refractivity contribution in [2.24, 2.45) is 4.99 Å². The summed E-state index contributed by atoms with van der Waals surface area (Å²) in [6.45, 7) is 8.33. The van der Waals surface area contributed by atoms with Gasteiger partial charge in [0, 0.05) is 63.0 Å². The number of ether oxygens (including phenoxy) is 4. The second-order valence-corrected chi connectivity index (χ2v) is 10.7. The minimum Gasteiger partial charge on any atom is -0.493 e. The first-order valence-electron chi connectivity index (χ1n) is 14.7. The third-order valence-electron chi connectivity index (χ3n) is 8.21. The monoisotopic (exact) mass is 574 g/mol. The van der Waals surface area contributed by atoms with Crippen LogP contribution in [0.15, 0.2) is 35.6 Å². The van der Waals surface area contributed by atoms with Crippen LogP contribution in [-0.4, -0.2) is 105 Å². The Bertz CT molecular complexity index is 1470. The Labute approximate surface area is 246 Å². The lowest BCUT2D eigenvalue weighted by atomic mass is 10.1. The maximum absolute atomic E-state index is 13.1. The molecule has 11 nitrogen and oxygen atoms in total. The van der Waals surface area contributed by atoms with Gasteiger partial charge in [0.1, 0.15) is 12.1 Å². The van der Waals surface area contributed by atoms with Gasteiger partial charge in [-0.15, -0.1) is 0 Å². The Hall–Kier alpha value is -4.12. The largest absolute Gasteiger partial charge is 0.493 e. The number of carbonyl (C=O) groups excluding carboxylic acids is 1. The van der Waals surface area contributed by atoms with E-state index in [9.17, 15) is 4.79 Å². The highest BCUT2D eigenvalue weighted by molar-refractivity contribution is 6.03. The number of aromatic nitrogens is 2. The van der Waals surface area contributed by atoms with Gasteiger partial charge in [-0.05, 0) is 38.3 Å². The van der Waals surface area contributed by atoms with Crippen LogP contribution < -0.4 is 23.8 Å². The van der Waals surface area contributed by atoms with Gasteiger partial charge in [0.15, 0.2) is 23.0 Å². The Kier molecular flexibility index (Phi) is 8.27. The van der Waals surface area contributed by atoms with E-state index in [1.165, 1.54) is 0 Å². The smallest absolute Gasteiger partial charge is 0.256 e. The fraction of sp³-hybridized carbons (Fsp3) is 0.484. The number of fused-ring (bicyclic) bond motifs is 3. The molecule has 2 saturated heterocycles. The molecular formula is C31H38N6O5. The van der Waals surface area contributed by atoms with Crippen molar-refractivity contribution in [3.63, 3.8) is 0 Å². The molecule has 0 radical (unpaired) electrons. The molecule has 0 spiro atoms. The van der Waals surface area contributed by atoms with Gasteiger partial charge in [0.25, 0.3) is 5.91 Å². The predicted molar refractivity (Wildman–Crippen MR) is 161 cm³/mol. The third-order valence-corrected chi connectivity index (χ3v) is 8.21. The van der Waals surface area contributed by atoms with Crippen molar-refractivity contribution < 1.29 is 23.7 Å². The van der Waals surface area contributed by atoms with Gasteiger partial charge in [-0.1, -0.05) is 0 Å². The molecule has 1 amide bonds. The van der Waals surface area contributed by atoms with Crippen LogP contribution in [0.2, 0.25) is 0 Å². The molecule has 6 rings (SSSR count). The summed E-state index contributed by atoms with van der Waals surface area (Å²) < 4.78 is 23.0. The first-order valence-corrected chi connectivity index (χ1v) is 14.7. The molecule has 3 aliphatic heterocycles. The second kappa shape index (κ2) is 12.4. The summed E-state index contributed by atoms with van der Waals surface area (Å²) in [7, 11) is 3.25. The van der Waals surface area contributed by atoms with E-state index in [1.807, 2.05) is 36.2 Å². The number of methoxy groups -OCH3 is 2. The van der Waals surface area contributed by atoms with E-state index < -0.39 is 0 Å².